The van der Waals surface area contributed by atoms with Crippen molar-refractivity contribution >= 4 is 28.6 Å². The Bertz CT molecular complexity index is 665. The summed E-state index contributed by atoms with van der Waals surface area (Å²) < 4.78 is 6.03. The maximum atomic E-state index is 9.32. The smallest absolute Gasteiger partial charge is 0.101 e. The van der Waals surface area contributed by atoms with Gasteiger partial charge in [-0.2, -0.15) is 16.6 Å². The molecule has 0 spiro atoms. The average Bonchev–Trinajstić information content (AvgIpc) is 3.00. The highest BCUT2D eigenvalue weighted by Gasteiger charge is 2.29. The third-order valence-corrected chi connectivity index (χ3v) is 4.61. The molecule has 108 valence electrons. The molecule has 1 aromatic heterocycles. The van der Waals surface area contributed by atoms with Crippen LogP contribution >= 0.6 is 22.9 Å². The first kappa shape index (κ1) is 14.4. The van der Waals surface area contributed by atoms with Crippen LogP contribution in [0.15, 0.2) is 35.0 Å². The molecule has 2 heterocycles. The molecule has 0 saturated carbocycles. The Kier molecular flexibility index (Phi) is 4.16. The molecule has 1 fully saturated rings. The quantitative estimate of drug-likeness (QED) is 0.831. The standard InChI is InChI=1S/C16H15ClN2OS/c1-11-8-19(9-15(20-11)13-5-6-21-10-13)16-12(7-18)3-2-4-14(16)17/h2-6,10-11,15H,8-9H2,1H3. The Balaban J connectivity index is 1.94. The molecule has 0 radical (unpaired) electrons. The van der Waals surface area contributed by atoms with Gasteiger partial charge >= 0.3 is 0 Å². The van der Waals surface area contributed by atoms with Crippen LogP contribution in [-0.2, 0) is 4.74 Å². The van der Waals surface area contributed by atoms with E-state index in [9.17, 15) is 5.26 Å². The number of rotatable bonds is 2. The van der Waals surface area contributed by atoms with E-state index in [1.54, 1.807) is 17.4 Å². The molecule has 0 bridgehead atoms. The van der Waals surface area contributed by atoms with Crippen molar-refractivity contribution in [2.45, 2.75) is 19.1 Å². The van der Waals surface area contributed by atoms with Crippen molar-refractivity contribution in [1.82, 2.24) is 0 Å². The Morgan fingerprint density at radius 1 is 1.38 bits per heavy atom. The van der Waals surface area contributed by atoms with E-state index in [0.717, 1.165) is 12.2 Å². The lowest BCUT2D eigenvalue weighted by molar-refractivity contribution is -0.0171. The number of nitriles is 1. The van der Waals surface area contributed by atoms with Crippen LogP contribution in [0.25, 0.3) is 0 Å². The molecule has 2 aromatic rings. The molecule has 1 aliphatic heterocycles. The average molecular weight is 319 g/mol. The summed E-state index contributed by atoms with van der Waals surface area (Å²) >= 11 is 8.00. The Labute approximate surface area is 133 Å². The number of nitrogens with zero attached hydrogens (tertiary/aromatic N) is 2. The molecular formula is C16H15ClN2OS. The molecule has 2 unspecified atom stereocenters. The first-order valence-corrected chi connectivity index (χ1v) is 8.12. The number of hydrogen-bond acceptors (Lipinski definition) is 4. The van der Waals surface area contributed by atoms with Gasteiger partial charge in [0.2, 0.25) is 0 Å². The van der Waals surface area contributed by atoms with E-state index in [-0.39, 0.29) is 12.2 Å². The zero-order valence-corrected chi connectivity index (χ0v) is 13.2. The van der Waals surface area contributed by atoms with Crippen molar-refractivity contribution in [3.8, 4) is 6.07 Å². The lowest BCUT2D eigenvalue weighted by Gasteiger charge is -2.38. The van der Waals surface area contributed by atoms with Gasteiger partial charge in [0, 0.05) is 13.1 Å². The Morgan fingerprint density at radius 3 is 2.95 bits per heavy atom. The minimum atomic E-state index is 0.0165. The van der Waals surface area contributed by atoms with E-state index in [0.29, 0.717) is 17.1 Å². The van der Waals surface area contributed by atoms with Crippen LogP contribution < -0.4 is 4.90 Å². The van der Waals surface area contributed by atoms with Crippen molar-refractivity contribution in [2.75, 3.05) is 18.0 Å². The number of hydrogen-bond donors (Lipinski definition) is 0. The maximum Gasteiger partial charge on any atom is 0.101 e. The fourth-order valence-electron chi connectivity index (χ4n) is 2.70. The van der Waals surface area contributed by atoms with E-state index in [1.165, 1.54) is 5.56 Å². The van der Waals surface area contributed by atoms with Gasteiger partial charge in [0.15, 0.2) is 0 Å². The molecule has 5 heteroatoms. The molecule has 1 aromatic carbocycles. The number of anilines is 1. The number of morpholine rings is 1. The number of thiophene rings is 1. The van der Waals surface area contributed by atoms with Crippen molar-refractivity contribution in [3.05, 3.63) is 51.2 Å². The van der Waals surface area contributed by atoms with Crippen molar-refractivity contribution in [1.29, 1.82) is 5.26 Å². The van der Waals surface area contributed by atoms with Gasteiger partial charge in [0.1, 0.15) is 12.2 Å². The highest BCUT2D eigenvalue weighted by Crippen LogP contribution is 2.35. The van der Waals surface area contributed by atoms with Crippen LogP contribution in [0.4, 0.5) is 5.69 Å². The summed E-state index contributed by atoms with van der Waals surface area (Å²) in [6, 6.07) is 9.77. The first-order chi connectivity index (χ1) is 10.2. The normalized spacial score (nSPS) is 22.0. The predicted octanol–water partition coefficient (Wildman–Crippen LogP) is 4.24. The van der Waals surface area contributed by atoms with E-state index >= 15 is 0 Å². The second kappa shape index (κ2) is 6.07. The SMILES string of the molecule is CC1CN(c2c(Cl)cccc2C#N)CC(c2ccsc2)O1. The van der Waals surface area contributed by atoms with Gasteiger partial charge in [0.25, 0.3) is 0 Å². The van der Waals surface area contributed by atoms with Crippen molar-refractivity contribution in [2.24, 2.45) is 0 Å². The number of para-hydroxylation sites is 1. The predicted molar refractivity (Wildman–Crippen MR) is 86.0 cm³/mol. The molecule has 1 saturated heterocycles. The summed E-state index contributed by atoms with van der Waals surface area (Å²) in [7, 11) is 0. The summed E-state index contributed by atoms with van der Waals surface area (Å²) in [6.45, 7) is 3.49. The maximum absolute atomic E-state index is 9.32. The van der Waals surface area contributed by atoms with E-state index in [2.05, 4.69) is 34.7 Å². The molecule has 0 aliphatic carbocycles. The molecule has 3 nitrogen and oxygen atoms in total. The van der Waals surface area contributed by atoms with E-state index < -0.39 is 0 Å². The molecule has 2 atom stereocenters. The molecule has 21 heavy (non-hydrogen) atoms. The molecule has 0 N–H and O–H groups in total. The van der Waals surface area contributed by atoms with Gasteiger partial charge in [-0.15, -0.1) is 0 Å². The fourth-order valence-corrected chi connectivity index (χ4v) is 3.70. The van der Waals surface area contributed by atoms with Crippen LogP contribution in [0.3, 0.4) is 0 Å². The van der Waals surface area contributed by atoms with Gasteiger partial charge < -0.3 is 9.64 Å². The summed E-state index contributed by atoms with van der Waals surface area (Å²) in [5.41, 5.74) is 2.61. The van der Waals surface area contributed by atoms with Crippen molar-refractivity contribution in [3.63, 3.8) is 0 Å². The Hall–Kier alpha value is -1.54. The molecular weight excluding hydrogens is 304 g/mol. The molecule has 3 rings (SSSR count). The zero-order chi connectivity index (χ0) is 14.8. The third kappa shape index (κ3) is 2.91. The summed E-state index contributed by atoms with van der Waals surface area (Å²) in [4.78, 5) is 2.16. The van der Waals surface area contributed by atoms with Crippen molar-refractivity contribution < 1.29 is 4.74 Å². The topological polar surface area (TPSA) is 36.3 Å². The van der Waals surface area contributed by atoms with E-state index in [4.69, 9.17) is 16.3 Å². The first-order valence-electron chi connectivity index (χ1n) is 6.80. The summed E-state index contributed by atoms with van der Waals surface area (Å²) in [5.74, 6) is 0. The van der Waals surface area contributed by atoms with Gasteiger partial charge in [-0.25, -0.2) is 0 Å². The van der Waals surface area contributed by atoms with Crippen LogP contribution in [0.1, 0.15) is 24.2 Å². The van der Waals surface area contributed by atoms with E-state index in [1.807, 2.05) is 12.1 Å². The van der Waals surface area contributed by atoms with Crippen LogP contribution in [-0.4, -0.2) is 19.2 Å². The zero-order valence-electron chi connectivity index (χ0n) is 11.6. The van der Waals surface area contributed by atoms with Crippen LogP contribution in [0.2, 0.25) is 5.02 Å². The number of halogens is 1. The lowest BCUT2D eigenvalue weighted by atomic mass is 10.1. The summed E-state index contributed by atoms with van der Waals surface area (Å²) in [5, 5.41) is 14.1. The largest absolute Gasteiger partial charge is 0.367 e. The third-order valence-electron chi connectivity index (χ3n) is 3.60. The summed E-state index contributed by atoms with van der Waals surface area (Å²) in [6.07, 6.45) is 0.106. The molecule has 0 amide bonds. The van der Waals surface area contributed by atoms with Crippen LogP contribution in [0.5, 0.6) is 0 Å². The minimum absolute atomic E-state index is 0.0165. The second-order valence-electron chi connectivity index (χ2n) is 5.14. The fraction of sp³-hybridized carbons (Fsp3) is 0.312. The van der Waals surface area contributed by atoms with Gasteiger partial charge in [-0.1, -0.05) is 17.7 Å². The highest BCUT2D eigenvalue weighted by atomic mass is 35.5. The monoisotopic (exact) mass is 318 g/mol. The van der Waals surface area contributed by atoms with Crippen LogP contribution in [0, 0.1) is 11.3 Å². The van der Waals surface area contributed by atoms with Gasteiger partial charge in [0.05, 0.1) is 22.4 Å². The Morgan fingerprint density at radius 2 is 2.24 bits per heavy atom. The lowest BCUT2D eigenvalue weighted by Crippen LogP contribution is -2.43. The number of benzene rings is 1. The minimum Gasteiger partial charge on any atom is -0.367 e. The number of ether oxygens (including phenoxy) is 1. The van der Waals surface area contributed by atoms with Gasteiger partial charge in [-0.3, -0.25) is 0 Å². The van der Waals surface area contributed by atoms with Gasteiger partial charge in [-0.05, 0) is 41.4 Å². The highest BCUT2D eigenvalue weighted by molar-refractivity contribution is 7.07. The second-order valence-corrected chi connectivity index (χ2v) is 6.33. The molecule has 1 aliphatic rings.